The Morgan fingerprint density at radius 2 is 1.89 bits per heavy atom. The van der Waals surface area contributed by atoms with Gasteiger partial charge in [-0.2, -0.15) is 0 Å². The van der Waals surface area contributed by atoms with E-state index in [9.17, 15) is 8.42 Å². The molecule has 5 rings (SSSR count). The molecule has 4 aromatic rings. The molecule has 1 aliphatic rings. The van der Waals surface area contributed by atoms with Crippen molar-refractivity contribution in [3.8, 4) is 16.5 Å². The molecule has 0 aliphatic carbocycles. The first-order valence-electron chi connectivity index (χ1n) is 12.1. The zero-order valence-electron chi connectivity index (χ0n) is 20.5. The van der Waals surface area contributed by atoms with Gasteiger partial charge in [-0.1, -0.05) is 13.3 Å². The Balaban J connectivity index is 1.18. The molecule has 5 heterocycles. The number of imidazole rings is 1. The van der Waals surface area contributed by atoms with Gasteiger partial charge < -0.3 is 9.64 Å². The lowest BCUT2D eigenvalue weighted by Crippen LogP contribution is -2.39. The first-order valence-corrected chi connectivity index (χ1v) is 14.8. The SMILES string of the molecule is CCCc1cnc(N2CCC([C@H](C)Oc3nn4cc(-c5ccc(S(C)(=O)=O)nc5)nc4s3)CC2)nc1. The minimum Gasteiger partial charge on any atom is -0.466 e. The summed E-state index contributed by atoms with van der Waals surface area (Å²) in [6, 6.07) is 3.19. The topological polar surface area (TPSA) is 115 Å². The van der Waals surface area contributed by atoms with Crippen molar-refractivity contribution in [2.45, 2.75) is 50.7 Å². The largest absolute Gasteiger partial charge is 0.466 e. The number of sulfone groups is 1. The molecule has 0 spiro atoms. The van der Waals surface area contributed by atoms with Gasteiger partial charge in [0, 0.05) is 43.5 Å². The summed E-state index contributed by atoms with van der Waals surface area (Å²) in [6.45, 7) is 6.07. The predicted octanol–water partition coefficient (Wildman–Crippen LogP) is 3.68. The number of aromatic nitrogens is 6. The van der Waals surface area contributed by atoms with Crippen molar-refractivity contribution < 1.29 is 13.2 Å². The van der Waals surface area contributed by atoms with E-state index in [1.165, 1.54) is 29.2 Å². The number of anilines is 1. The van der Waals surface area contributed by atoms with Crippen LogP contribution in [0.3, 0.4) is 0 Å². The van der Waals surface area contributed by atoms with E-state index >= 15 is 0 Å². The van der Waals surface area contributed by atoms with Gasteiger partial charge in [-0.15, -0.1) is 5.10 Å². The third-order valence-corrected chi connectivity index (χ3v) is 8.25. The fourth-order valence-corrected chi connectivity index (χ4v) is 5.75. The molecule has 1 saturated heterocycles. The maximum Gasteiger partial charge on any atom is 0.294 e. The van der Waals surface area contributed by atoms with Crippen LogP contribution in [0.4, 0.5) is 5.95 Å². The van der Waals surface area contributed by atoms with Gasteiger partial charge >= 0.3 is 0 Å². The number of ether oxygens (including phenoxy) is 1. The molecular formula is C24H29N7O3S2. The first-order chi connectivity index (χ1) is 17.3. The predicted molar refractivity (Wildman–Crippen MR) is 138 cm³/mol. The third kappa shape index (κ3) is 5.34. The van der Waals surface area contributed by atoms with Crippen molar-refractivity contribution in [3.63, 3.8) is 0 Å². The highest BCUT2D eigenvalue weighted by molar-refractivity contribution is 7.90. The molecule has 10 nitrogen and oxygen atoms in total. The highest BCUT2D eigenvalue weighted by Crippen LogP contribution is 2.30. The molecule has 0 bridgehead atoms. The van der Waals surface area contributed by atoms with Crippen molar-refractivity contribution in [1.29, 1.82) is 0 Å². The number of aryl methyl sites for hydroxylation is 1. The Bertz CT molecular complexity index is 1390. The van der Waals surface area contributed by atoms with Gasteiger partial charge in [0.15, 0.2) is 14.9 Å². The standard InChI is InChI=1S/C24H29N7O3S2/c1-4-5-17-12-26-22(27-13-17)30-10-8-18(9-11-30)16(2)34-24-29-31-15-20(28-23(31)35-24)19-6-7-21(25-14-19)36(3,32)33/h6-7,12-16,18H,4-5,8-11H2,1-3H3/t16-/m0/s1. The van der Waals surface area contributed by atoms with Crippen LogP contribution in [0.15, 0.2) is 41.9 Å². The third-order valence-electron chi connectivity index (χ3n) is 6.44. The summed E-state index contributed by atoms with van der Waals surface area (Å²) < 4.78 is 31.1. The van der Waals surface area contributed by atoms with E-state index in [4.69, 9.17) is 4.74 Å². The van der Waals surface area contributed by atoms with E-state index in [1.807, 2.05) is 12.4 Å². The Kier molecular flexibility index (Phi) is 6.89. The van der Waals surface area contributed by atoms with Crippen molar-refractivity contribution in [2.75, 3.05) is 24.2 Å². The molecule has 36 heavy (non-hydrogen) atoms. The van der Waals surface area contributed by atoms with E-state index < -0.39 is 9.84 Å². The van der Waals surface area contributed by atoms with Crippen LogP contribution >= 0.6 is 11.3 Å². The second kappa shape index (κ2) is 10.1. The summed E-state index contributed by atoms with van der Waals surface area (Å²) in [5.41, 5.74) is 2.59. The lowest BCUT2D eigenvalue weighted by Gasteiger charge is -2.34. The van der Waals surface area contributed by atoms with Crippen molar-refractivity contribution in [3.05, 3.63) is 42.5 Å². The molecule has 1 fully saturated rings. The highest BCUT2D eigenvalue weighted by atomic mass is 32.2. The normalized spacial score (nSPS) is 15.9. The minimum absolute atomic E-state index is 0.0306. The quantitative estimate of drug-likeness (QED) is 0.338. The van der Waals surface area contributed by atoms with Gasteiger partial charge in [0.25, 0.3) is 5.19 Å². The Hall–Kier alpha value is -3.12. The summed E-state index contributed by atoms with van der Waals surface area (Å²) in [5, 5.41) is 5.16. The molecule has 0 aromatic carbocycles. The fraction of sp³-hybridized carbons (Fsp3) is 0.458. The molecule has 190 valence electrons. The van der Waals surface area contributed by atoms with E-state index in [2.05, 4.69) is 43.8 Å². The molecule has 0 radical (unpaired) electrons. The summed E-state index contributed by atoms with van der Waals surface area (Å²) in [7, 11) is -3.34. The molecule has 0 amide bonds. The summed E-state index contributed by atoms with van der Waals surface area (Å²) in [4.78, 5) is 20.7. The zero-order chi connectivity index (χ0) is 25.3. The van der Waals surface area contributed by atoms with Gasteiger partial charge in [0.2, 0.25) is 10.9 Å². The molecule has 1 aliphatic heterocycles. The van der Waals surface area contributed by atoms with Gasteiger partial charge in [-0.05, 0) is 61.1 Å². The fourth-order valence-electron chi connectivity index (χ4n) is 4.37. The second-order valence-electron chi connectivity index (χ2n) is 9.17. The number of rotatable bonds is 8. The van der Waals surface area contributed by atoms with E-state index in [0.29, 0.717) is 21.8 Å². The Morgan fingerprint density at radius 3 is 2.50 bits per heavy atom. The number of hydrogen-bond acceptors (Lipinski definition) is 10. The van der Waals surface area contributed by atoms with Gasteiger partial charge in [-0.3, -0.25) is 0 Å². The second-order valence-corrected chi connectivity index (χ2v) is 12.0. The van der Waals surface area contributed by atoms with Crippen LogP contribution in [0, 0.1) is 5.92 Å². The summed E-state index contributed by atoms with van der Waals surface area (Å²) in [5.74, 6) is 1.23. The maximum absolute atomic E-state index is 11.6. The number of hydrogen-bond donors (Lipinski definition) is 0. The monoisotopic (exact) mass is 527 g/mol. The van der Waals surface area contributed by atoms with Crippen LogP contribution in [0.1, 0.15) is 38.7 Å². The average molecular weight is 528 g/mol. The van der Waals surface area contributed by atoms with E-state index in [-0.39, 0.29) is 11.1 Å². The maximum atomic E-state index is 11.6. The van der Waals surface area contributed by atoms with Crippen LogP contribution in [0.5, 0.6) is 5.19 Å². The van der Waals surface area contributed by atoms with Crippen molar-refractivity contribution in [1.82, 2.24) is 29.5 Å². The van der Waals surface area contributed by atoms with Gasteiger partial charge in [0.05, 0.1) is 11.9 Å². The van der Waals surface area contributed by atoms with Gasteiger partial charge in [-0.25, -0.2) is 32.9 Å². The van der Waals surface area contributed by atoms with Crippen LogP contribution in [-0.4, -0.2) is 63.4 Å². The van der Waals surface area contributed by atoms with Crippen molar-refractivity contribution in [2.24, 2.45) is 5.92 Å². The smallest absolute Gasteiger partial charge is 0.294 e. The number of piperidine rings is 1. The molecule has 0 N–H and O–H groups in total. The molecule has 4 aromatic heterocycles. The first kappa shape index (κ1) is 24.6. The molecule has 1 atom stereocenters. The average Bonchev–Trinajstić information content (AvgIpc) is 3.43. The minimum atomic E-state index is -3.34. The van der Waals surface area contributed by atoms with Gasteiger partial charge in [0.1, 0.15) is 6.10 Å². The van der Waals surface area contributed by atoms with Crippen LogP contribution in [-0.2, 0) is 16.3 Å². The number of fused-ring (bicyclic) bond motifs is 1. The summed E-state index contributed by atoms with van der Waals surface area (Å²) >= 11 is 1.39. The van der Waals surface area contributed by atoms with Crippen LogP contribution < -0.4 is 9.64 Å². The highest BCUT2D eigenvalue weighted by Gasteiger charge is 2.27. The van der Waals surface area contributed by atoms with E-state index in [0.717, 1.165) is 56.5 Å². The summed E-state index contributed by atoms with van der Waals surface area (Å²) in [6.07, 6.45) is 12.5. The van der Waals surface area contributed by atoms with Crippen molar-refractivity contribution >= 4 is 32.1 Å². The zero-order valence-corrected chi connectivity index (χ0v) is 22.2. The molecular weight excluding hydrogens is 498 g/mol. The molecule has 0 saturated carbocycles. The number of pyridine rings is 1. The lowest BCUT2D eigenvalue weighted by molar-refractivity contribution is 0.131. The van der Waals surface area contributed by atoms with Crippen LogP contribution in [0.2, 0.25) is 0 Å². The Labute approximate surface area is 214 Å². The van der Waals surface area contributed by atoms with Crippen LogP contribution in [0.25, 0.3) is 16.2 Å². The number of nitrogens with zero attached hydrogens (tertiary/aromatic N) is 7. The Morgan fingerprint density at radius 1 is 1.14 bits per heavy atom. The van der Waals surface area contributed by atoms with E-state index in [1.54, 1.807) is 16.8 Å². The molecule has 12 heteroatoms. The molecule has 0 unspecified atom stereocenters. The lowest BCUT2D eigenvalue weighted by atomic mass is 9.92.